The first-order chi connectivity index (χ1) is 16.1. The quantitative estimate of drug-likeness (QED) is 0.379. The molecule has 1 aromatic carbocycles. The maximum absolute atomic E-state index is 5.89. The van der Waals surface area contributed by atoms with E-state index in [0.717, 1.165) is 16.8 Å². The number of hydrogen-bond donors (Lipinski definition) is 0. The zero-order valence-electron chi connectivity index (χ0n) is 18.9. The molecule has 0 bridgehead atoms. The molecule has 0 aliphatic carbocycles. The summed E-state index contributed by atoms with van der Waals surface area (Å²) in [5.41, 5.74) is 2.58. The fourth-order valence-electron chi connectivity index (χ4n) is 3.78. The summed E-state index contributed by atoms with van der Waals surface area (Å²) in [5.74, 6) is 0.613. The van der Waals surface area contributed by atoms with E-state index in [1.807, 2.05) is 43.3 Å². The summed E-state index contributed by atoms with van der Waals surface area (Å²) >= 11 is 0. The molecule has 1 fully saturated rings. The first-order valence-corrected chi connectivity index (χ1v) is 10.5. The molecule has 0 spiro atoms. The van der Waals surface area contributed by atoms with Gasteiger partial charge in [-0.3, -0.25) is 4.98 Å². The Morgan fingerprint density at radius 1 is 1.00 bits per heavy atom. The second kappa shape index (κ2) is 10.6. The molecule has 5 atom stereocenters. The van der Waals surface area contributed by atoms with Crippen molar-refractivity contribution in [3.63, 3.8) is 0 Å². The van der Waals surface area contributed by atoms with Crippen molar-refractivity contribution in [2.24, 2.45) is 5.16 Å². The number of ether oxygens (including phenoxy) is 4. The molecule has 4 rings (SSSR count). The van der Waals surface area contributed by atoms with Gasteiger partial charge in [0, 0.05) is 39.3 Å². The van der Waals surface area contributed by atoms with Crippen molar-refractivity contribution in [2.45, 2.75) is 37.6 Å². The molecule has 174 valence electrons. The van der Waals surface area contributed by atoms with Gasteiger partial charge in [0.25, 0.3) is 6.29 Å². The van der Waals surface area contributed by atoms with Crippen molar-refractivity contribution in [1.29, 1.82) is 0 Å². The highest BCUT2D eigenvalue weighted by molar-refractivity contribution is 5.79. The van der Waals surface area contributed by atoms with Gasteiger partial charge in [0.1, 0.15) is 18.5 Å². The lowest BCUT2D eigenvalue weighted by Crippen LogP contribution is -2.59. The van der Waals surface area contributed by atoms with E-state index in [2.05, 4.69) is 20.2 Å². The lowest BCUT2D eigenvalue weighted by atomic mass is 9.99. The molecule has 2 aromatic heterocycles. The van der Waals surface area contributed by atoms with E-state index in [-0.39, 0.29) is 18.3 Å². The van der Waals surface area contributed by atoms with Crippen LogP contribution in [0.2, 0.25) is 0 Å². The van der Waals surface area contributed by atoms with E-state index >= 15 is 0 Å². The van der Waals surface area contributed by atoms with Crippen molar-refractivity contribution in [1.82, 2.24) is 19.7 Å². The van der Waals surface area contributed by atoms with E-state index in [0.29, 0.717) is 5.82 Å². The third-order valence-corrected chi connectivity index (χ3v) is 5.48. The van der Waals surface area contributed by atoms with Crippen LogP contribution < -0.4 is 0 Å². The first kappa shape index (κ1) is 23.0. The van der Waals surface area contributed by atoms with E-state index < -0.39 is 12.4 Å². The maximum Gasteiger partial charge on any atom is 0.256 e. The van der Waals surface area contributed by atoms with Gasteiger partial charge in [-0.15, -0.1) is 5.10 Å². The van der Waals surface area contributed by atoms with Crippen molar-refractivity contribution < 1.29 is 23.8 Å². The Hall–Kier alpha value is -3.18. The molecular formula is C23H27N5O5. The van der Waals surface area contributed by atoms with E-state index in [4.69, 9.17) is 23.8 Å². The lowest BCUT2D eigenvalue weighted by molar-refractivity contribution is -0.305. The minimum absolute atomic E-state index is 0.245. The maximum atomic E-state index is 5.89. The largest absolute Gasteiger partial charge is 0.376 e. The molecule has 0 unspecified atom stereocenters. The van der Waals surface area contributed by atoms with Crippen LogP contribution in [-0.2, 0) is 23.8 Å². The van der Waals surface area contributed by atoms with Gasteiger partial charge < -0.3 is 23.8 Å². The van der Waals surface area contributed by atoms with Crippen LogP contribution in [0.1, 0.15) is 12.5 Å². The fourth-order valence-corrected chi connectivity index (χ4v) is 3.78. The number of aromatic nitrogens is 4. The van der Waals surface area contributed by atoms with Gasteiger partial charge in [-0.1, -0.05) is 17.3 Å². The highest BCUT2D eigenvalue weighted by Gasteiger charge is 2.46. The molecule has 3 heterocycles. The topological polar surface area (TPSA) is 102 Å². The number of pyridine rings is 1. The van der Waals surface area contributed by atoms with Crippen LogP contribution in [0.3, 0.4) is 0 Å². The highest BCUT2D eigenvalue weighted by atomic mass is 16.8. The van der Waals surface area contributed by atoms with E-state index in [9.17, 15) is 0 Å². The number of hydrogen-bond acceptors (Lipinski definition) is 9. The van der Waals surface area contributed by atoms with Gasteiger partial charge in [-0.05, 0) is 36.8 Å². The number of nitrogens with zero attached hydrogens (tertiary/aromatic N) is 5. The minimum Gasteiger partial charge on any atom is -0.376 e. The summed E-state index contributed by atoms with van der Waals surface area (Å²) in [6, 6.07) is 11.4. The third kappa shape index (κ3) is 5.09. The Balaban J connectivity index is 1.40. The molecule has 0 saturated carbocycles. The highest BCUT2D eigenvalue weighted by Crippen LogP contribution is 2.27. The van der Waals surface area contributed by atoms with Crippen molar-refractivity contribution in [3.8, 4) is 17.1 Å². The van der Waals surface area contributed by atoms with Gasteiger partial charge in [-0.2, -0.15) is 0 Å². The van der Waals surface area contributed by atoms with Gasteiger partial charge in [-0.25, -0.2) is 9.67 Å². The molecule has 33 heavy (non-hydrogen) atoms. The number of oxime groups is 1. The zero-order chi connectivity index (χ0) is 23.2. The standard InChI is InChI=1S/C23H27N5O5/c1-15-19(29-2)20(30-3)21(31-4)23(32-15)33-26-12-16-7-9-18(10-8-16)28-14-25-22(27-28)17-6-5-11-24-13-17/h5-15,19-21,23H,1-4H3/b26-12+/t15-,19-,20+,21+,23-/m0/s1. The Morgan fingerprint density at radius 3 is 2.42 bits per heavy atom. The summed E-state index contributed by atoms with van der Waals surface area (Å²) in [7, 11) is 4.80. The lowest BCUT2D eigenvalue weighted by Gasteiger charge is -2.42. The molecule has 1 aliphatic heterocycles. The van der Waals surface area contributed by atoms with Crippen LogP contribution in [-0.4, -0.2) is 78.0 Å². The van der Waals surface area contributed by atoms with Gasteiger partial charge in [0.2, 0.25) is 0 Å². The van der Waals surface area contributed by atoms with Crippen LogP contribution in [0.5, 0.6) is 0 Å². The summed E-state index contributed by atoms with van der Waals surface area (Å²) in [5, 5.41) is 8.61. The molecular weight excluding hydrogens is 426 g/mol. The number of benzene rings is 1. The van der Waals surface area contributed by atoms with E-state index in [1.54, 1.807) is 50.9 Å². The Kier molecular flexibility index (Phi) is 7.40. The molecule has 0 amide bonds. The summed E-state index contributed by atoms with van der Waals surface area (Å²) in [6.45, 7) is 1.90. The summed E-state index contributed by atoms with van der Waals surface area (Å²) in [6.07, 6.45) is 4.65. The zero-order valence-corrected chi connectivity index (χ0v) is 18.9. The monoisotopic (exact) mass is 453 g/mol. The predicted octanol–water partition coefficient (Wildman–Crippen LogP) is 2.47. The normalized spacial score (nSPS) is 25.4. The van der Waals surface area contributed by atoms with Crippen LogP contribution in [0, 0.1) is 0 Å². The average molecular weight is 453 g/mol. The van der Waals surface area contributed by atoms with E-state index in [1.165, 1.54) is 0 Å². The molecule has 3 aromatic rings. The van der Waals surface area contributed by atoms with Crippen molar-refractivity contribution in [3.05, 3.63) is 60.7 Å². The Morgan fingerprint density at radius 2 is 1.76 bits per heavy atom. The van der Waals surface area contributed by atoms with Gasteiger partial charge >= 0.3 is 0 Å². The van der Waals surface area contributed by atoms with Crippen LogP contribution >= 0.6 is 0 Å². The molecule has 10 heteroatoms. The van der Waals surface area contributed by atoms with Crippen molar-refractivity contribution in [2.75, 3.05) is 21.3 Å². The fraction of sp³-hybridized carbons (Fsp3) is 0.391. The number of methoxy groups -OCH3 is 3. The van der Waals surface area contributed by atoms with Crippen LogP contribution in [0.25, 0.3) is 17.1 Å². The molecule has 1 aliphatic rings. The second-order valence-electron chi connectivity index (χ2n) is 7.50. The third-order valence-electron chi connectivity index (χ3n) is 5.48. The minimum atomic E-state index is -0.724. The number of rotatable bonds is 8. The molecule has 1 saturated heterocycles. The smallest absolute Gasteiger partial charge is 0.256 e. The van der Waals surface area contributed by atoms with Crippen LogP contribution in [0.4, 0.5) is 0 Å². The molecule has 0 N–H and O–H groups in total. The second-order valence-corrected chi connectivity index (χ2v) is 7.50. The van der Waals surface area contributed by atoms with Crippen molar-refractivity contribution >= 4 is 6.21 Å². The first-order valence-electron chi connectivity index (χ1n) is 10.5. The Bertz CT molecular complexity index is 1040. The SMILES string of the molecule is CO[C@@H]1[C@@H](OC)[C@H](C)O[C@@H](O/N=C/c2ccc(-n3cnc(-c4cccnc4)n3)cc2)[C@@H]1OC. The van der Waals surface area contributed by atoms with Crippen LogP contribution in [0.15, 0.2) is 60.3 Å². The summed E-state index contributed by atoms with van der Waals surface area (Å²) < 4.78 is 24.2. The predicted molar refractivity (Wildman–Crippen MR) is 120 cm³/mol. The van der Waals surface area contributed by atoms with Gasteiger partial charge in [0.15, 0.2) is 11.9 Å². The van der Waals surface area contributed by atoms with Gasteiger partial charge in [0.05, 0.1) is 18.0 Å². The Labute approximate surface area is 192 Å². The average Bonchev–Trinajstić information content (AvgIpc) is 3.35. The molecule has 10 nitrogen and oxygen atoms in total. The molecule has 0 radical (unpaired) electrons. The summed E-state index contributed by atoms with van der Waals surface area (Å²) in [4.78, 5) is 14.1.